The van der Waals surface area contributed by atoms with E-state index < -0.39 is 0 Å². The fourth-order valence-electron chi connectivity index (χ4n) is 1.96. The summed E-state index contributed by atoms with van der Waals surface area (Å²) in [5, 5.41) is 1.17. The van der Waals surface area contributed by atoms with Crippen LogP contribution in [0.15, 0.2) is 12.2 Å². The molecule has 0 aliphatic rings. The van der Waals surface area contributed by atoms with Crippen molar-refractivity contribution in [2.24, 2.45) is 0 Å². The van der Waals surface area contributed by atoms with E-state index in [1.807, 2.05) is 6.08 Å². The minimum absolute atomic E-state index is 1.07. The van der Waals surface area contributed by atoms with Crippen LogP contribution in [0.3, 0.4) is 0 Å². The van der Waals surface area contributed by atoms with Gasteiger partial charge in [0, 0.05) is 11.8 Å². The fourth-order valence-corrected chi connectivity index (χ4v) is 2.36. The van der Waals surface area contributed by atoms with Gasteiger partial charge in [-0.25, -0.2) is 0 Å². The van der Waals surface area contributed by atoms with E-state index >= 15 is 0 Å². The topological polar surface area (TPSA) is 0 Å². The third kappa shape index (κ3) is 17.8. The van der Waals surface area contributed by atoms with Crippen LogP contribution in [-0.2, 0) is 0 Å². The Morgan fingerprint density at radius 3 is 2.11 bits per heavy atom. The summed E-state index contributed by atoms with van der Waals surface area (Å²) in [6, 6.07) is 0. The molecule has 0 heterocycles. The van der Waals surface area contributed by atoms with E-state index in [-0.39, 0.29) is 0 Å². The highest BCUT2D eigenvalue weighted by Gasteiger charge is 1.91. The third-order valence-corrected chi connectivity index (χ3v) is 3.77. The van der Waals surface area contributed by atoms with Crippen LogP contribution in [-0.4, -0.2) is 5.33 Å². The smallest absolute Gasteiger partial charge is 0.00922 e. The van der Waals surface area contributed by atoms with Gasteiger partial charge in [-0.05, 0) is 25.3 Å². The first kappa shape index (κ1) is 18.8. The molecule has 0 unspecified atom stereocenters. The molecule has 0 atom stereocenters. The number of halogens is 1. The van der Waals surface area contributed by atoms with Gasteiger partial charge in [-0.15, -0.1) is 0 Å². The summed E-state index contributed by atoms with van der Waals surface area (Å²) < 4.78 is 0. The van der Waals surface area contributed by atoms with E-state index in [2.05, 4.69) is 40.8 Å². The Kier molecular flexibility index (Phi) is 17.6. The van der Waals surface area contributed by atoms with Crippen molar-refractivity contribution >= 4 is 15.9 Å². The lowest BCUT2D eigenvalue weighted by Crippen LogP contribution is -1.81. The number of hydrogen-bond acceptors (Lipinski definition) is 0. The molecule has 0 spiro atoms. The number of allylic oxidation sites excluding steroid dienone is 2. The molecule has 0 saturated heterocycles. The maximum absolute atomic E-state index is 3.47. The minimum atomic E-state index is 1.07. The predicted molar refractivity (Wildman–Crippen MR) is 91.8 cm³/mol. The molecule has 0 N–H and O–H groups in total. The van der Waals surface area contributed by atoms with Gasteiger partial charge in [0.1, 0.15) is 0 Å². The summed E-state index contributed by atoms with van der Waals surface area (Å²) in [7, 11) is 0. The van der Waals surface area contributed by atoms with Gasteiger partial charge in [-0.1, -0.05) is 92.1 Å². The monoisotopic (exact) mass is 326 g/mol. The Morgan fingerprint density at radius 2 is 1.47 bits per heavy atom. The normalized spacial score (nSPS) is 10.6. The predicted octanol–water partition coefficient (Wildman–Crippen LogP) is 6.64. The number of rotatable bonds is 12. The van der Waals surface area contributed by atoms with Crippen LogP contribution in [0.1, 0.15) is 84.0 Å². The zero-order valence-electron chi connectivity index (χ0n) is 12.7. The Bertz CT molecular complexity index is 244. The quantitative estimate of drug-likeness (QED) is 0.214. The highest BCUT2D eigenvalue weighted by atomic mass is 79.9. The van der Waals surface area contributed by atoms with Gasteiger partial charge >= 0.3 is 0 Å². The second-order valence-corrected chi connectivity index (χ2v) is 5.93. The lowest BCUT2D eigenvalue weighted by Gasteiger charge is -1.99. The van der Waals surface area contributed by atoms with Gasteiger partial charge in [0.2, 0.25) is 0 Å². The first-order valence-corrected chi connectivity index (χ1v) is 9.23. The lowest BCUT2D eigenvalue weighted by atomic mass is 10.1. The number of alkyl halides is 1. The van der Waals surface area contributed by atoms with Crippen molar-refractivity contribution in [2.45, 2.75) is 84.0 Å². The molecule has 0 fully saturated rings. The largest absolute Gasteiger partial charge is 0.0985 e. The molecule has 0 amide bonds. The van der Waals surface area contributed by atoms with E-state index in [9.17, 15) is 0 Å². The van der Waals surface area contributed by atoms with Crippen LogP contribution >= 0.6 is 15.9 Å². The molecular formula is C18H31Br. The summed E-state index contributed by atoms with van der Waals surface area (Å²) >= 11 is 3.47. The third-order valence-electron chi connectivity index (χ3n) is 3.21. The zero-order valence-corrected chi connectivity index (χ0v) is 14.3. The standard InChI is InChI=1S/C18H31Br/c1-2-3-4-5-6-7-8-9-10-11-12-13-14-15-16-17-18-19/h5-6H,2-4,9-18H2,1H3/b6-5-. The van der Waals surface area contributed by atoms with E-state index in [1.54, 1.807) is 0 Å². The second-order valence-electron chi connectivity index (χ2n) is 5.13. The molecule has 0 aliphatic heterocycles. The number of hydrogen-bond donors (Lipinski definition) is 0. The maximum Gasteiger partial charge on any atom is 0.00922 e. The van der Waals surface area contributed by atoms with Crippen molar-refractivity contribution in [3.05, 3.63) is 12.2 Å². The Labute approximate surface area is 129 Å². The van der Waals surface area contributed by atoms with E-state index in [0.29, 0.717) is 0 Å². The average molecular weight is 327 g/mol. The van der Waals surface area contributed by atoms with Crippen LogP contribution in [0.5, 0.6) is 0 Å². The van der Waals surface area contributed by atoms with Gasteiger partial charge in [0.15, 0.2) is 0 Å². The molecule has 0 bridgehead atoms. The van der Waals surface area contributed by atoms with Gasteiger partial charge in [-0.2, -0.15) is 0 Å². The van der Waals surface area contributed by atoms with E-state index in [4.69, 9.17) is 0 Å². The van der Waals surface area contributed by atoms with Crippen LogP contribution in [0.25, 0.3) is 0 Å². The Balaban J connectivity index is 3.14. The zero-order chi connectivity index (χ0) is 14.0. The van der Waals surface area contributed by atoms with E-state index in [1.165, 1.54) is 76.0 Å². The highest BCUT2D eigenvalue weighted by Crippen LogP contribution is 2.09. The van der Waals surface area contributed by atoms with Crippen LogP contribution in [0.4, 0.5) is 0 Å². The minimum Gasteiger partial charge on any atom is -0.0985 e. The molecule has 19 heavy (non-hydrogen) atoms. The van der Waals surface area contributed by atoms with Crippen molar-refractivity contribution < 1.29 is 0 Å². The van der Waals surface area contributed by atoms with Crippen molar-refractivity contribution in [3.8, 4) is 11.8 Å². The van der Waals surface area contributed by atoms with Crippen LogP contribution in [0.2, 0.25) is 0 Å². The molecule has 0 aromatic carbocycles. The molecule has 0 aliphatic carbocycles. The van der Waals surface area contributed by atoms with Crippen LogP contribution in [0, 0.1) is 11.8 Å². The molecule has 0 radical (unpaired) electrons. The summed E-state index contributed by atoms with van der Waals surface area (Å²) in [5.74, 6) is 6.37. The molecular weight excluding hydrogens is 296 g/mol. The molecule has 110 valence electrons. The lowest BCUT2D eigenvalue weighted by molar-refractivity contribution is 0.580. The van der Waals surface area contributed by atoms with Crippen molar-refractivity contribution in [2.75, 3.05) is 5.33 Å². The highest BCUT2D eigenvalue weighted by molar-refractivity contribution is 9.09. The first-order valence-electron chi connectivity index (χ1n) is 8.11. The summed E-state index contributed by atoms with van der Waals surface area (Å²) in [5.41, 5.74) is 0. The first-order chi connectivity index (χ1) is 9.41. The summed E-state index contributed by atoms with van der Waals surface area (Å²) in [6.07, 6.45) is 20.0. The van der Waals surface area contributed by atoms with E-state index in [0.717, 1.165) is 6.42 Å². The molecule has 0 aromatic heterocycles. The summed E-state index contributed by atoms with van der Waals surface area (Å²) in [6.45, 7) is 2.22. The Morgan fingerprint density at radius 1 is 0.842 bits per heavy atom. The van der Waals surface area contributed by atoms with Crippen molar-refractivity contribution in [1.82, 2.24) is 0 Å². The SMILES string of the molecule is CCCC/C=C\C#CCCCCCCCCCCBr. The van der Waals surface area contributed by atoms with Gasteiger partial charge < -0.3 is 0 Å². The molecule has 0 rings (SSSR count). The van der Waals surface area contributed by atoms with Crippen molar-refractivity contribution in [3.63, 3.8) is 0 Å². The number of unbranched alkanes of at least 4 members (excludes halogenated alkanes) is 10. The van der Waals surface area contributed by atoms with Crippen LogP contribution < -0.4 is 0 Å². The summed E-state index contributed by atoms with van der Waals surface area (Å²) in [4.78, 5) is 0. The molecule has 0 saturated carbocycles. The fraction of sp³-hybridized carbons (Fsp3) is 0.778. The van der Waals surface area contributed by atoms with Gasteiger partial charge in [-0.3, -0.25) is 0 Å². The second kappa shape index (κ2) is 17.8. The van der Waals surface area contributed by atoms with Gasteiger partial charge in [0.05, 0.1) is 0 Å². The average Bonchev–Trinajstić information content (AvgIpc) is 2.43. The molecule has 0 aromatic rings. The Hall–Kier alpha value is -0.220. The van der Waals surface area contributed by atoms with Gasteiger partial charge in [0.25, 0.3) is 0 Å². The van der Waals surface area contributed by atoms with Crippen molar-refractivity contribution in [1.29, 1.82) is 0 Å². The molecule has 0 nitrogen and oxygen atoms in total. The molecule has 1 heteroatoms. The maximum atomic E-state index is 3.47.